The maximum absolute atomic E-state index is 12.4. The molecule has 0 bridgehead atoms. The molecule has 1 saturated heterocycles. The molecular formula is C17H25N3O5S. The van der Waals surface area contributed by atoms with E-state index in [0.717, 1.165) is 19.3 Å². The van der Waals surface area contributed by atoms with Gasteiger partial charge in [-0.25, -0.2) is 13.1 Å². The number of carbonyl (C=O) groups excluding carboxylic acids is 2. The van der Waals surface area contributed by atoms with Crippen molar-refractivity contribution < 1.29 is 22.7 Å². The van der Waals surface area contributed by atoms with Gasteiger partial charge in [0.2, 0.25) is 15.9 Å². The summed E-state index contributed by atoms with van der Waals surface area (Å²) in [4.78, 5) is 23.7. The summed E-state index contributed by atoms with van der Waals surface area (Å²) in [7, 11) is -3.74. The Balaban J connectivity index is 1.95. The Morgan fingerprint density at radius 2 is 2.08 bits per heavy atom. The van der Waals surface area contributed by atoms with Gasteiger partial charge in [0.15, 0.2) is 0 Å². The van der Waals surface area contributed by atoms with Gasteiger partial charge >= 0.3 is 0 Å². The molecule has 9 heteroatoms. The SMILES string of the molecule is CCCNC(=O)CNC(=O)c1cccc(S(=O)(=O)NCC2CCCO2)c1. The van der Waals surface area contributed by atoms with Crippen molar-refractivity contribution in [2.24, 2.45) is 0 Å². The Morgan fingerprint density at radius 1 is 1.27 bits per heavy atom. The van der Waals surface area contributed by atoms with Crippen molar-refractivity contribution in [2.45, 2.75) is 37.2 Å². The normalized spacial score (nSPS) is 17.0. The van der Waals surface area contributed by atoms with E-state index in [0.29, 0.717) is 13.2 Å². The van der Waals surface area contributed by atoms with E-state index in [1.807, 2.05) is 6.92 Å². The van der Waals surface area contributed by atoms with Crippen molar-refractivity contribution in [2.75, 3.05) is 26.2 Å². The fourth-order valence-corrected chi connectivity index (χ4v) is 3.60. The highest BCUT2D eigenvalue weighted by atomic mass is 32.2. The van der Waals surface area contributed by atoms with Crippen LogP contribution in [0, 0.1) is 0 Å². The summed E-state index contributed by atoms with van der Waals surface area (Å²) in [6, 6.07) is 5.70. The standard InChI is InChI=1S/C17H25N3O5S/c1-2-8-18-16(21)12-19-17(22)13-5-3-7-15(10-13)26(23,24)20-11-14-6-4-9-25-14/h3,5,7,10,14,20H,2,4,6,8-9,11-12H2,1H3,(H,18,21)(H,19,22). The lowest BCUT2D eigenvalue weighted by Crippen LogP contribution is -2.37. The third kappa shape index (κ3) is 6.08. The summed E-state index contributed by atoms with van der Waals surface area (Å²) in [5.74, 6) is -0.796. The number of hydrogen-bond donors (Lipinski definition) is 3. The van der Waals surface area contributed by atoms with Gasteiger partial charge in [-0.1, -0.05) is 13.0 Å². The van der Waals surface area contributed by atoms with Crippen molar-refractivity contribution >= 4 is 21.8 Å². The second-order valence-corrected chi connectivity index (χ2v) is 7.81. The summed E-state index contributed by atoms with van der Waals surface area (Å²) in [5, 5.41) is 5.12. The van der Waals surface area contributed by atoms with Crippen LogP contribution >= 0.6 is 0 Å². The lowest BCUT2D eigenvalue weighted by atomic mass is 10.2. The first-order valence-electron chi connectivity index (χ1n) is 8.68. The van der Waals surface area contributed by atoms with Gasteiger partial charge in [0, 0.05) is 25.3 Å². The van der Waals surface area contributed by atoms with E-state index in [-0.39, 0.29) is 35.6 Å². The fraction of sp³-hybridized carbons (Fsp3) is 0.529. The third-order valence-electron chi connectivity index (χ3n) is 3.91. The lowest BCUT2D eigenvalue weighted by Gasteiger charge is -2.12. The minimum absolute atomic E-state index is 0.00131. The summed E-state index contributed by atoms with van der Waals surface area (Å²) in [6.07, 6.45) is 2.44. The van der Waals surface area contributed by atoms with Crippen LogP contribution in [0.1, 0.15) is 36.5 Å². The Labute approximate surface area is 153 Å². The van der Waals surface area contributed by atoms with E-state index < -0.39 is 15.9 Å². The first kappa shape index (κ1) is 20.3. The van der Waals surface area contributed by atoms with Crippen LogP contribution in [0.25, 0.3) is 0 Å². The molecule has 0 radical (unpaired) electrons. The van der Waals surface area contributed by atoms with E-state index >= 15 is 0 Å². The average Bonchev–Trinajstić information content (AvgIpc) is 3.16. The number of ether oxygens (including phenoxy) is 1. The van der Waals surface area contributed by atoms with Crippen molar-refractivity contribution in [1.29, 1.82) is 0 Å². The molecule has 1 atom stereocenters. The second kappa shape index (κ2) is 9.65. The Bertz CT molecular complexity index is 730. The quantitative estimate of drug-likeness (QED) is 0.571. The minimum atomic E-state index is -3.74. The number of nitrogens with one attached hydrogen (secondary N) is 3. The molecule has 0 aromatic heterocycles. The average molecular weight is 383 g/mol. The molecule has 1 aromatic rings. The van der Waals surface area contributed by atoms with Gasteiger partial charge in [0.05, 0.1) is 17.5 Å². The highest BCUT2D eigenvalue weighted by Gasteiger charge is 2.21. The molecule has 26 heavy (non-hydrogen) atoms. The molecule has 1 fully saturated rings. The lowest BCUT2D eigenvalue weighted by molar-refractivity contribution is -0.120. The fourth-order valence-electron chi connectivity index (χ4n) is 2.49. The molecule has 1 heterocycles. The zero-order valence-electron chi connectivity index (χ0n) is 14.8. The molecule has 0 saturated carbocycles. The Kier molecular flexibility index (Phi) is 7.55. The summed E-state index contributed by atoms with van der Waals surface area (Å²) < 4.78 is 32.7. The molecule has 0 aliphatic carbocycles. The van der Waals surface area contributed by atoms with Crippen LogP contribution in [0.4, 0.5) is 0 Å². The largest absolute Gasteiger partial charge is 0.377 e. The summed E-state index contributed by atoms with van der Waals surface area (Å²) >= 11 is 0. The molecule has 8 nitrogen and oxygen atoms in total. The first-order valence-corrected chi connectivity index (χ1v) is 10.2. The zero-order chi connectivity index (χ0) is 19.0. The Morgan fingerprint density at radius 3 is 2.77 bits per heavy atom. The number of sulfonamides is 1. The van der Waals surface area contributed by atoms with E-state index in [1.165, 1.54) is 24.3 Å². The van der Waals surface area contributed by atoms with Gasteiger partial charge in [-0.15, -0.1) is 0 Å². The van der Waals surface area contributed by atoms with Crippen LogP contribution in [-0.4, -0.2) is 52.6 Å². The van der Waals surface area contributed by atoms with Gasteiger partial charge in [-0.2, -0.15) is 0 Å². The predicted molar refractivity (Wildman–Crippen MR) is 96.2 cm³/mol. The van der Waals surface area contributed by atoms with E-state index in [4.69, 9.17) is 4.74 Å². The highest BCUT2D eigenvalue weighted by Crippen LogP contribution is 2.14. The number of rotatable bonds is 9. The van der Waals surface area contributed by atoms with Crippen LogP contribution in [0.15, 0.2) is 29.2 Å². The maximum Gasteiger partial charge on any atom is 0.251 e. The predicted octanol–water partition coefficient (Wildman–Crippen LogP) is 0.400. The number of hydrogen-bond acceptors (Lipinski definition) is 5. The molecule has 1 aromatic carbocycles. The topological polar surface area (TPSA) is 114 Å². The Hall–Kier alpha value is -1.97. The van der Waals surface area contributed by atoms with Gasteiger partial charge in [0.1, 0.15) is 0 Å². The first-order chi connectivity index (χ1) is 12.4. The molecular weight excluding hydrogens is 358 g/mol. The van der Waals surface area contributed by atoms with Crippen molar-refractivity contribution in [3.8, 4) is 0 Å². The van der Waals surface area contributed by atoms with Crippen molar-refractivity contribution in [3.05, 3.63) is 29.8 Å². The molecule has 3 N–H and O–H groups in total. The van der Waals surface area contributed by atoms with Gasteiger partial charge in [-0.05, 0) is 37.5 Å². The van der Waals surface area contributed by atoms with Crippen molar-refractivity contribution in [3.63, 3.8) is 0 Å². The molecule has 1 aliphatic rings. The molecule has 2 amide bonds. The monoisotopic (exact) mass is 383 g/mol. The molecule has 1 aliphatic heterocycles. The van der Waals surface area contributed by atoms with Crippen LogP contribution in [0.5, 0.6) is 0 Å². The smallest absolute Gasteiger partial charge is 0.251 e. The maximum atomic E-state index is 12.4. The molecule has 1 unspecified atom stereocenters. The van der Waals surface area contributed by atoms with Gasteiger partial charge in [0.25, 0.3) is 5.91 Å². The molecule has 144 valence electrons. The summed E-state index contributed by atoms with van der Waals surface area (Å²) in [5.41, 5.74) is 0.174. The van der Waals surface area contributed by atoms with Crippen LogP contribution in [0.3, 0.4) is 0 Å². The van der Waals surface area contributed by atoms with E-state index in [2.05, 4.69) is 15.4 Å². The van der Waals surface area contributed by atoms with Crippen LogP contribution in [0.2, 0.25) is 0 Å². The minimum Gasteiger partial charge on any atom is -0.377 e. The second-order valence-electron chi connectivity index (χ2n) is 6.05. The zero-order valence-corrected chi connectivity index (χ0v) is 15.6. The van der Waals surface area contributed by atoms with E-state index in [1.54, 1.807) is 0 Å². The summed E-state index contributed by atoms with van der Waals surface area (Å²) in [6.45, 7) is 3.16. The van der Waals surface area contributed by atoms with Gasteiger partial charge < -0.3 is 15.4 Å². The number of amides is 2. The molecule has 2 rings (SSSR count). The van der Waals surface area contributed by atoms with Crippen LogP contribution in [-0.2, 0) is 19.6 Å². The highest BCUT2D eigenvalue weighted by molar-refractivity contribution is 7.89. The number of carbonyl (C=O) groups is 2. The van der Waals surface area contributed by atoms with E-state index in [9.17, 15) is 18.0 Å². The third-order valence-corrected chi connectivity index (χ3v) is 5.33. The molecule has 0 spiro atoms. The van der Waals surface area contributed by atoms with Crippen LogP contribution < -0.4 is 15.4 Å². The number of benzene rings is 1. The van der Waals surface area contributed by atoms with Crippen molar-refractivity contribution in [1.82, 2.24) is 15.4 Å². The van der Waals surface area contributed by atoms with Gasteiger partial charge in [-0.3, -0.25) is 9.59 Å².